The Morgan fingerprint density at radius 1 is 1.53 bits per heavy atom. The molecule has 2 N–H and O–H groups in total. The molecule has 0 spiro atoms. The van der Waals surface area contributed by atoms with Crippen LogP contribution in [-0.4, -0.2) is 35.0 Å². The average Bonchev–Trinajstić information content (AvgIpc) is 3.00. The van der Waals surface area contributed by atoms with Crippen LogP contribution in [0.2, 0.25) is 0 Å². The molecule has 0 radical (unpaired) electrons. The normalized spacial score (nSPS) is 23.6. The number of aryl methyl sites for hydroxylation is 1. The molecular formula is C13H22N4S2. The quantitative estimate of drug-likeness (QED) is 0.662. The summed E-state index contributed by atoms with van der Waals surface area (Å²) in [6, 6.07) is 0. The highest BCUT2D eigenvalue weighted by atomic mass is 32.2. The molecule has 2 rings (SSSR count). The molecule has 106 valence electrons. The van der Waals surface area contributed by atoms with Crippen molar-refractivity contribution in [2.24, 2.45) is 4.99 Å². The van der Waals surface area contributed by atoms with E-state index in [0.717, 1.165) is 24.7 Å². The number of aliphatic imine (C=N–C) groups is 1. The van der Waals surface area contributed by atoms with E-state index < -0.39 is 0 Å². The van der Waals surface area contributed by atoms with E-state index >= 15 is 0 Å². The summed E-state index contributed by atoms with van der Waals surface area (Å²) < 4.78 is 0.359. The Labute approximate surface area is 123 Å². The number of nitrogens with zero attached hydrogens (tertiary/aromatic N) is 2. The van der Waals surface area contributed by atoms with E-state index in [0.29, 0.717) is 4.75 Å². The van der Waals surface area contributed by atoms with E-state index in [9.17, 15) is 0 Å². The van der Waals surface area contributed by atoms with Crippen molar-refractivity contribution in [3.8, 4) is 0 Å². The second-order valence-corrected chi connectivity index (χ2v) is 7.66. The maximum absolute atomic E-state index is 4.28. The molecule has 1 aliphatic heterocycles. The second kappa shape index (κ2) is 6.61. The number of thioether (sulfide) groups is 1. The van der Waals surface area contributed by atoms with Gasteiger partial charge in [-0.2, -0.15) is 11.8 Å². The molecule has 1 atom stereocenters. The first kappa shape index (κ1) is 14.7. The van der Waals surface area contributed by atoms with Crippen LogP contribution in [0.15, 0.2) is 10.5 Å². The van der Waals surface area contributed by atoms with Crippen molar-refractivity contribution in [3.63, 3.8) is 0 Å². The predicted molar refractivity (Wildman–Crippen MR) is 85.1 cm³/mol. The molecule has 19 heavy (non-hydrogen) atoms. The van der Waals surface area contributed by atoms with Gasteiger partial charge in [0, 0.05) is 23.2 Å². The number of hydrogen-bond acceptors (Lipinski definition) is 4. The second-order valence-electron chi connectivity index (χ2n) is 5.04. The van der Waals surface area contributed by atoms with Crippen LogP contribution in [0.1, 0.15) is 30.3 Å². The molecule has 0 aliphatic carbocycles. The van der Waals surface area contributed by atoms with Gasteiger partial charge < -0.3 is 10.6 Å². The molecule has 4 nitrogen and oxygen atoms in total. The van der Waals surface area contributed by atoms with Crippen LogP contribution < -0.4 is 10.6 Å². The van der Waals surface area contributed by atoms with Gasteiger partial charge in [-0.1, -0.05) is 0 Å². The van der Waals surface area contributed by atoms with E-state index in [2.05, 4.69) is 39.3 Å². The molecule has 1 saturated heterocycles. The van der Waals surface area contributed by atoms with Crippen molar-refractivity contribution in [2.75, 3.05) is 19.3 Å². The van der Waals surface area contributed by atoms with E-state index in [4.69, 9.17) is 0 Å². The molecular weight excluding hydrogens is 276 g/mol. The van der Waals surface area contributed by atoms with Crippen molar-refractivity contribution in [3.05, 3.63) is 16.1 Å². The van der Waals surface area contributed by atoms with Crippen LogP contribution in [0.4, 0.5) is 0 Å². The number of thiazole rings is 1. The van der Waals surface area contributed by atoms with Crippen LogP contribution in [0.25, 0.3) is 0 Å². The Kier molecular flexibility index (Phi) is 5.10. The van der Waals surface area contributed by atoms with E-state index in [-0.39, 0.29) is 0 Å². The van der Waals surface area contributed by atoms with Gasteiger partial charge in [0.25, 0.3) is 0 Å². The Hall–Kier alpha value is -0.750. The van der Waals surface area contributed by atoms with Crippen LogP contribution in [0.3, 0.4) is 0 Å². The molecule has 0 bridgehead atoms. The van der Waals surface area contributed by atoms with Crippen molar-refractivity contribution < 1.29 is 0 Å². The average molecular weight is 298 g/mol. The van der Waals surface area contributed by atoms with Gasteiger partial charge in [-0.15, -0.1) is 11.3 Å². The molecule has 1 aliphatic rings. The maximum atomic E-state index is 4.28. The first-order valence-electron chi connectivity index (χ1n) is 6.60. The molecule has 0 saturated carbocycles. The van der Waals surface area contributed by atoms with Crippen molar-refractivity contribution >= 4 is 29.1 Å². The first-order valence-corrected chi connectivity index (χ1v) is 8.47. The first-order chi connectivity index (χ1) is 9.13. The minimum Gasteiger partial charge on any atom is -0.355 e. The third-order valence-electron chi connectivity index (χ3n) is 3.42. The summed E-state index contributed by atoms with van der Waals surface area (Å²) in [7, 11) is 1.82. The summed E-state index contributed by atoms with van der Waals surface area (Å²) in [5, 5.41) is 6.79. The largest absolute Gasteiger partial charge is 0.355 e. The highest BCUT2D eigenvalue weighted by Crippen LogP contribution is 2.36. The molecule has 1 aromatic heterocycles. The summed E-state index contributed by atoms with van der Waals surface area (Å²) in [6.07, 6.45) is 2.62. The Balaban J connectivity index is 1.79. The lowest BCUT2D eigenvalue weighted by atomic mass is 10.1. The van der Waals surface area contributed by atoms with Crippen LogP contribution in [0, 0.1) is 6.92 Å². The van der Waals surface area contributed by atoms with Gasteiger partial charge in [-0.3, -0.25) is 4.99 Å². The van der Waals surface area contributed by atoms with Crippen molar-refractivity contribution in [1.82, 2.24) is 15.6 Å². The lowest BCUT2D eigenvalue weighted by Gasteiger charge is -2.24. The van der Waals surface area contributed by atoms with Crippen LogP contribution >= 0.6 is 23.1 Å². The Morgan fingerprint density at radius 2 is 2.37 bits per heavy atom. The van der Waals surface area contributed by atoms with E-state index in [1.165, 1.54) is 23.5 Å². The van der Waals surface area contributed by atoms with Gasteiger partial charge >= 0.3 is 0 Å². The van der Waals surface area contributed by atoms with E-state index in [1.807, 2.05) is 19.5 Å². The van der Waals surface area contributed by atoms with Crippen LogP contribution in [0.5, 0.6) is 0 Å². The van der Waals surface area contributed by atoms with Crippen molar-refractivity contribution in [2.45, 2.75) is 38.0 Å². The highest BCUT2D eigenvalue weighted by molar-refractivity contribution is 8.00. The molecule has 1 fully saturated rings. The molecule has 1 aromatic rings. The minimum atomic E-state index is 0.359. The number of aromatic nitrogens is 1. The molecule has 0 amide bonds. The summed E-state index contributed by atoms with van der Waals surface area (Å²) in [4.78, 5) is 9.80. The topological polar surface area (TPSA) is 49.3 Å². The third kappa shape index (κ3) is 4.11. The predicted octanol–water partition coefficient (Wildman–Crippen LogP) is 2.40. The lowest BCUT2D eigenvalue weighted by Crippen LogP contribution is -2.43. The van der Waals surface area contributed by atoms with E-state index in [1.54, 1.807) is 11.3 Å². The number of nitrogens with one attached hydrogen (secondary N) is 2. The summed E-state index contributed by atoms with van der Waals surface area (Å²) in [5.74, 6) is 2.16. The lowest BCUT2D eigenvalue weighted by molar-refractivity contribution is 0.584. The zero-order chi connectivity index (χ0) is 13.7. The standard InChI is InChI=1S/C13H22N4S2/c1-10-11(18-9-17-10)7-15-12(14-3)16-8-13(2)5-4-6-19-13/h9H,4-8H2,1-3H3,(H2,14,15,16). The van der Waals surface area contributed by atoms with Gasteiger partial charge in [-0.05, 0) is 32.4 Å². The number of rotatable bonds is 4. The monoisotopic (exact) mass is 298 g/mol. The van der Waals surface area contributed by atoms with Crippen LogP contribution in [-0.2, 0) is 6.54 Å². The van der Waals surface area contributed by atoms with Crippen molar-refractivity contribution in [1.29, 1.82) is 0 Å². The Bertz CT molecular complexity index is 436. The fourth-order valence-corrected chi connectivity index (χ4v) is 4.09. The zero-order valence-corrected chi connectivity index (χ0v) is 13.5. The van der Waals surface area contributed by atoms with Gasteiger partial charge in [0.2, 0.25) is 0 Å². The number of guanidine groups is 1. The molecule has 1 unspecified atom stereocenters. The number of hydrogen-bond donors (Lipinski definition) is 2. The highest BCUT2D eigenvalue weighted by Gasteiger charge is 2.29. The molecule has 0 aromatic carbocycles. The van der Waals surface area contributed by atoms with Gasteiger partial charge in [0.05, 0.1) is 17.7 Å². The van der Waals surface area contributed by atoms with Gasteiger partial charge in [0.15, 0.2) is 5.96 Å². The minimum absolute atomic E-state index is 0.359. The Morgan fingerprint density at radius 3 is 2.95 bits per heavy atom. The zero-order valence-electron chi connectivity index (χ0n) is 11.8. The fraction of sp³-hybridized carbons (Fsp3) is 0.692. The summed E-state index contributed by atoms with van der Waals surface area (Å²) in [6.45, 7) is 6.14. The SMILES string of the molecule is CN=C(NCc1scnc1C)NCC1(C)CCCS1. The summed E-state index contributed by atoms with van der Waals surface area (Å²) in [5.41, 5.74) is 2.99. The fourth-order valence-electron chi connectivity index (χ4n) is 2.13. The smallest absolute Gasteiger partial charge is 0.191 e. The molecule has 2 heterocycles. The van der Waals surface area contributed by atoms with Gasteiger partial charge in [-0.25, -0.2) is 4.98 Å². The third-order valence-corrected chi connectivity index (χ3v) is 5.89. The van der Waals surface area contributed by atoms with Gasteiger partial charge in [0.1, 0.15) is 0 Å². The summed E-state index contributed by atoms with van der Waals surface area (Å²) >= 11 is 3.75. The molecule has 6 heteroatoms. The maximum Gasteiger partial charge on any atom is 0.191 e.